The Kier molecular flexibility index (Phi) is 3.38. The molecule has 0 N–H and O–H groups in total. The molecule has 0 unspecified atom stereocenters. The smallest absolute Gasteiger partial charge is 0.212 e. The maximum atomic E-state index is 6.31. The van der Waals surface area contributed by atoms with Crippen LogP contribution in [0.2, 0.25) is 0 Å². The molecular weight excluding hydrogens is 304 g/mol. The molecule has 3 heteroatoms. The van der Waals surface area contributed by atoms with Crippen LogP contribution in [0.4, 0.5) is 0 Å². The second kappa shape index (κ2) is 5.57. The maximum Gasteiger partial charge on any atom is 0.212 e. The number of aryl methyl sites for hydroxylation is 4. The van der Waals surface area contributed by atoms with Crippen molar-refractivity contribution in [1.29, 1.82) is 0 Å². The van der Waals surface area contributed by atoms with Crippen LogP contribution in [0.5, 0.6) is 5.75 Å². The van der Waals surface area contributed by atoms with Crippen LogP contribution in [0, 0.1) is 0 Å². The number of fused-ring (bicyclic) bond motifs is 1. The van der Waals surface area contributed by atoms with Crippen molar-refractivity contribution in [3.63, 3.8) is 0 Å². The van der Waals surface area contributed by atoms with Gasteiger partial charge in [0.05, 0.1) is 16.8 Å². The topological polar surface area (TPSA) is 18.5 Å². The minimum Gasteiger partial charge on any atom is -0.462 e. The van der Waals surface area contributed by atoms with E-state index in [4.69, 9.17) is 9.47 Å². The van der Waals surface area contributed by atoms with E-state index in [1.54, 1.807) is 0 Å². The Labute approximate surface area is 141 Å². The number of thioether (sulfide) groups is 1. The molecule has 2 nitrogen and oxygen atoms in total. The van der Waals surface area contributed by atoms with Crippen LogP contribution < -0.4 is 4.74 Å². The molecule has 2 aromatic carbocycles. The third-order valence-electron chi connectivity index (χ3n) is 5.16. The Morgan fingerprint density at radius 1 is 0.826 bits per heavy atom. The Morgan fingerprint density at radius 3 is 2.30 bits per heavy atom. The average Bonchev–Trinajstić information content (AvgIpc) is 3.03. The quantitative estimate of drug-likeness (QED) is 0.724. The van der Waals surface area contributed by atoms with Crippen molar-refractivity contribution >= 4 is 11.8 Å². The summed E-state index contributed by atoms with van der Waals surface area (Å²) in [5.74, 6) is 1.10. The molecule has 1 saturated heterocycles. The fraction of sp³-hybridized carbons (Fsp3) is 0.400. The molecule has 0 saturated carbocycles. The Balaban J connectivity index is 1.58. The zero-order valence-corrected chi connectivity index (χ0v) is 13.9. The normalized spacial score (nSPS) is 25.2. The van der Waals surface area contributed by atoms with Gasteiger partial charge in [-0.25, -0.2) is 0 Å². The van der Waals surface area contributed by atoms with Crippen molar-refractivity contribution < 1.29 is 9.47 Å². The fourth-order valence-electron chi connectivity index (χ4n) is 3.76. The summed E-state index contributed by atoms with van der Waals surface area (Å²) >= 11 is 1.99. The SMILES string of the molecule is c1cc2ccc1CCc1ccc(c3c1O[C@H]1OCC[C@H]1S3)CC2. The molecule has 2 heterocycles. The molecule has 0 radical (unpaired) electrons. The van der Waals surface area contributed by atoms with Crippen LogP contribution in [0.1, 0.15) is 28.7 Å². The van der Waals surface area contributed by atoms with Gasteiger partial charge in [-0.1, -0.05) is 36.4 Å². The van der Waals surface area contributed by atoms with E-state index in [1.807, 2.05) is 11.8 Å². The standard InChI is InChI=1S/C20H20O2S/c1-3-14-4-2-13(1)5-7-15-9-10-16(8-6-14)19-18(15)22-20-17(23-19)11-12-21-20/h1-4,9-10,17,20H,5-8,11-12H2/t17-,20-/m1/s1. The molecule has 0 amide bonds. The fourth-order valence-corrected chi connectivity index (χ4v) is 5.13. The highest BCUT2D eigenvalue weighted by Crippen LogP contribution is 2.47. The number of hydrogen-bond donors (Lipinski definition) is 0. The van der Waals surface area contributed by atoms with Gasteiger partial charge in [0.1, 0.15) is 5.75 Å². The van der Waals surface area contributed by atoms with Gasteiger partial charge in [0, 0.05) is 0 Å². The summed E-state index contributed by atoms with van der Waals surface area (Å²) in [4.78, 5) is 1.38. The Hall–Kier alpha value is -1.45. The van der Waals surface area contributed by atoms with Crippen molar-refractivity contribution in [3.8, 4) is 5.75 Å². The molecule has 4 aliphatic carbocycles. The molecular formula is C20H20O2S. The van der Waals surface area contributed by atoms with Crippen molar-refractivity contribution in [1.82, 2.24) is 0 Å². The van der Waals surface area contributed by atoms with E-state index in [-0.39, 0.29) is 6.29 Å². The number of ether oxygens (including phenoxy) is 2. The molecule has 1 fully saturated rings. The molecule has 2 atom stereocenters. The van der Waals surface area contributed by atoms with Crippen LogP contribution >= 0.6 is 11.8 Å². The van der Waals surface area contributed by atoms with Crippen molar-refractivity contribution in [2.24, 2.45) is 0 Å². The predicted molar refractivity (Wildman–Crippen MR) is 92.3 cm³/mol. The number of rotatable bonds is 0. The first-order chi connectivity index (χ1) is 11.4. The van der Waals surface area contributed by atoms with E-state index in [0.29, 0.717) is 5.25 Å². The highest BCUT2D eigenvalue weighted by molar-refractivity contribution is 8.00. The summed E-state index contributed by atoms with van der Waals surface area (Å²) in [6, 6.07) is 13.7. The first-order valence-electron chi connectivity index (χ1n) is 8.54. The van der Waals surface area contributed by atoms with Crippen molar-refractivity contribution in [2.45, 2.75) is 48.5 Å². The van der Waals surface area contributed by atoms with E-state index >= 15 is 0 Å². The van der Waals surface area contributed by atoms with Crippen LogP contribution in [-0.4, -0.2) is 18.1 Å². The van der Waals surface area contributed by atoms with E-state index in [2.05, 4.69) is 36.4 Å². The molecule has 0 aromatic heterocycles. The molecule has 8 rings (SSSR count). The van der Waals surface area contributed by atoms with Gasteiger partial charge in [-0.2, -0.15) is 0 Å². The zero-order chi connectivity index (χ0) is 15.2. The Morgan fingerprint density at radius 2 is 1.52 bits per heavy atom. The lowest BCUT2D eigenvalue weighted by molar-refractivity contribution is -0.0409. The molecule has 6 aliphatic rings. The first kappa shape index (κ1) is 13.9. The van der Waals surface area contributed by atoms with E-state index in [9.17, 15) is 0 Å². The average molecular weight is 324 g/mol. The van der Waals surface area contributed by atoms with Gasteiger partial charge in [0.15, 0.2) is 0 Å². The minimum absolute atomic E-state index is 0.0484. The van der Waals surface area contributed by atoms with Crippen LogP contribution in [0.15, 0.2) is 41.3 Å². The highest BCUT2D eigenvalue weighted by atomic mass is 32.2. The maximum absolute atomic E-state index is 6.31. The van der Waals surface area contributed by atoms with E-state index in [0.717, 1.165) is 44.5 Å². The number of hydrogen-bond acceptors (Lipinski definition) is 3. The lowest BCUT2D eigenvalue weighted by Gasteiger charge is -2.30. The van der Waals surface area contributed by atoms with Gasteiger partial charge in [-0.15, -0.1) is 11.8 Å². The molecule has 4 bridgehead atoms. The minimum atomic E-state index is -0.0484. The van der Waals surface area contributed by atoms with Crippen LogP contribution in [-0.2, 0) is 30.4 Å². The zero-order valence-electron chi connectivity index (χ0n) is 13.1. The molecule has 23 heavy (non-hydrogen) atoms. The summed E-state index contributed by atoms with van der Waals surface area (Å²) in [6.07, 6.45) is 5.31. The predicted octanol–water partition coefficient (Wildman–Crippen LogP) is 4.17. The summed E-state index contributed by atoms with van der Waals surface area (Å²) in [5, 5.41) is 0.461. The van der Waals surface area contributed by atoms with Crippen LogP contribution in [0.3, 0.4) is 0 Å². The van der Waals surface area contributed by atoms with Gasteiger partial charge < -0.3 is 9.47 Å². The molecule has 2 aromatic rings. The molecule has 0 spiro atoms. The number of benzene rings is 2. The second-order valence-corrected chi connectivity index (χ2v) is 7.91. The van der Waals surface area contributed by atoms with Gasteiger partial charge in [-0.05, 0) is 54.4 Å². The highest BCUT2D eigenvalue weighted by Gasteiger charge is 2.37. The van der Waals surface area contributed by atoms with Gasteiger partial charge in [-0.3, -0.25) is 0 Å². The second-order valence-electron chi connectivity index (χ2n) is 6.66. The third-order valence-corrected chi connectivity index (χ3v) is 6.60. The summed E-state index contributed by atoms with van der Waals surface area (Å²) in [7, 11) is 0. The largest absolute Gasteiger partial charge is 0.462 e. The molecule has 2 aliphatic heterocycles. The summed E-state index contributed by atoms with van der Waals surface area (Å²) in [6.45, 7) is 0.824. The van der Waals surface area contributed by atoms with Crippen molar-refractivity contribution in [3.05, 3.63) is 58.7 Å². The lowest BCUT2D eigenvalue weighted by atomic mass is 9.96. The van der Waals surface area contributed by atoms with Gasteiger partial charge >= 0.3 is 0 Å². The van der Waals surface area contributed by atoms with E-state index in [1.165, 1.54) is 27.1 Å². The third kappa shape index (κ3) is 2.47. The van der Waals surface area contributed by atoms with Crippen LogP contribution in [0.25, 0.3) is 0 Å². The lowest BCUT2D eigenvalue weighted by Crippen LogP contribution is -2.29. The summed E-state index contributed by atoms with van der Waals surface area (Å²) < 4.78 is 12.1. The van der Waals surface area contributed by atoms with E-state index < -0.39 is 0 Å². The van der Waals surface area contributed by atoms with Gasteiger partial charge in [0.2, 0.25) is 6.29 Å². The van der Waals surface area contributed by atoms with Crippen molar-refractivity contribution in [2.75, 3.05) is 6.61 Å². The monoisotopic (exact) mass is 324 g/mol. The summed E-state index contributed by atoms with van der Waals surface area (Å²) in [5.41, 5.74) is 5.60. The first-order valence-corrected chi connectivity index (χ1v) is 9.42. The van der Waals surface area contributed by atoms with Gasteiger partial charge in [0.25, 0.3) is 0 Å². The Bertz CT molecular complexity index is 676. The molecule has 118 valence electrons.